The van der Waals surface area contributed by atoms with E-state index < -0.39 is 33.9 Å². The quantitative estimate of drug-likeness (QED) is 0.584. The molecule has 34 heavy (non-hydrogen) atoms. The number of nitrogens with one attached hydrogen (secondary N) is 2. The largest absolute Gasteiger partial charge is 0.344 e. The summed E-state index contributed by atoms with van der Waals surface area (Å²) in [6, 6.07) is 9.19. The Bertz CT molecular complexity index is 1160. The Balaban J connectivity index is 1.71. The number of benzene rings is 1. The van der Waals surface area contributed by atoms with Crippen molar-refractivity contribution in [3.8, 4) is 0 Å². The van der Waals surface area contributed by atoms with Crippen LogP contribution in [0, 0.1) is 5.92 Å². The van der Waals surface area contributed by atoms with Crippen LogP contribution in [0.3, 0.4) is 0 Å². The molecule has 1 aromatic carbocycles. The van der Waals surface area contributed by atoms with Crippen LogP contribution in [0.4, 0.5) is 0 Å². The van der Waals surface area contributed by atoms with Crippen molar-refractivity contribution in [1.29, 1.82) is 0 Å². The maximum Gasteiger partial charge on any atom is 0.270 e. The number of rotatable bonds is 8. The zero-order valence-corrected chi connectivity index (χ0v) is 20.6. The van der Waals surface area contributed by atoms with Crippen LogP contribution in [0.2, 0.25) is 0 Å². The minimum atomic E-state index is -3.49. The summed E-state index contributed by atoms with van der Waals surface area (Å²) in [5, 5.41) is 6.41. The number of sulfonamides is 1. The number of pyridine rings is 1. The van der Waals surface area contributed by atoms with Gasteiger partial charge in [-0.1, -0.05) is 38.1 Å². The van der Waals surface area contributed by atoms with E-state index in [4.69, 9.17) is 0 Å². The van der Waals surface area contributed by atoms with Crippen molar-refractivity contribution in [2.24, 2.45) is 5.92 Å². The molecule has 1 aliphatic heterocycles. The first-order valence-electron chi connectivity index (χ1n) is 11.6. The van der Waals surface area contributed by atoms with E-state index in [2.05, 4.69) is 15.6 Å². The predicted molar refractivity (Wildman–Crippen MR) is 130 cm³/mol. The van der Waals surface area contributed by atoms with Crippen LogP contribution in [0.15, 0.2) is 36.4 Å². The van der Waals surface area contributed by atoms with Gasteiger partial charge in [0.15, 0.2) is 5.78 Å². The fourth-order valence-corrected chi connectivity index (χ4v) is 5.06. The van der Waals surface area contributed by atoms with E-state index in [1.807, 2.05) is 38.1 Å². The topological polar surface area (TPSA) is 126 Å². The number of carbonyl (C=O) groups is 3. The monoisotopic (exact) mass is 488 g/mol. The highest BCUT2D eigenvalue weighted by atomic mass is 32.2. The Morgan fingerprint density at radius 1 is 1.18 bits per heavy atom. The summed E-state index contributed by atoms with van der Waals surface area (Å²) in [5.74, 6) is -1.26. The number of aromatic nitrogens is 1. The van der Waals surface area contributed by atoms with Crippen LogP contribution in [0.25, 0.3) is 10.9 Å². The highest BCUT2D eigenvalue weighted by molar-refractivity contribution is 7.89. The van der Waals surface area contributed by atoms with Crippen LogP contribution < -0.4 is 10.6 Å². The molecular weight excluding hydrogens is 456 g/mol. The van der Waals surface area contributed by atoms with Crippen LogP contribution in [-0.2, 0) is 19.6 Å². The number of hydrogen-bond donors (Lipinski definition) is 2. The smallest absolute Gasteiger partial charge is 0.270 e. The zero-order chi connectivity index (χ0) is 24.9. The van der Waals surface area contributed by atoms with Gasteiger partial charge in [0.05, 0.1) is 23.9 Å². The van der Waals surface area contributed by atoms with Gasteiger partial charge in [0.2, 0.25) is 15.9 Å². The maximum atomic E-state index is 13.1. The number of nitrogens with zero attached hydrogens (tertiary/aromatic N) is 2. The van der Waals surface area contributed by atoms with E-state index in [-0.39, 0.29) is 36.2 Å². The third-order valence-corrected chi connectivity index (χ3v) is 7.68. The first kappa shape index (κ1) is 25.8. The third kappa shape index (κ3) is 6.38. The second-order valence-electron chi connectivity index (χ2n) is 8.95. The Morgan fingerprint density at radius 2 is 1.91 bits per heavy atom. The van der Waals surface area contributed by atoms with Crippen molar-refractivity contribution in [2.45, 2.75) is 52.1 Å². The lowest BCUT2D eigenvalue weighted by molar-refractivity contribution is -0.129. The lowest BCUT2D eigenvalue weighted by Gasteiger charge is -2.23. The Kier molecular flexibility index (Phi) is 8.37. The Morgan fingerprint density at radius 3 is 2.62 bits per heavy atom. The molecule has 0 bridgehead atoms. The van der Waals surface area contributed by atoms with Crippen molar-refractivity contribution in [1.82, 2.24) is 19.9 Å². The predicted octanol–water partition coefficient (Wildman–Crippen LogP) is 1.88. The number of carbonyl (C=O) groups excluding carboxylic acids is 3. The van der Waals surface area contributed by atoms with Crippen molar-refractivity contribution < 1.29 is 22.8 Å². The van der Waals surface area contributed by atoms with Gasteiger partial charge in [0.1, 0.15) is 11.7 Å². The van der Waals surface area contributed by atoms with Gasteiger partial charge >= 0.3 is 0 Å². The van der Waals surface area contributed by atoms with Crippen LogP contribution in [0.5, 0.6) is 0 Å². The molecule has 2 N–H and O–H groups in total. The molecule has 2 atom stereocenters. The summed E-state index contributed by atoms with van der Waals surface area (Å²) in [6.45, 7) is 5.39. The third-order valence-electron chi connectivity index (χ3n) is 5.86. The number of ketones is 1. The molecule has 184 valence electrons. The average molecular weight is 489 g/mol. The van der Waals surface area contributed by atoms with Gasteiger partial charge < -0.3 is 10.6 Å². The highest BCUT2D eigenvalue weighted by Gasteiger charge is 2.33. The fraction of sp³-hybridized carbons (Fsp3) is 0.500. The maximum absolute atomic E-state index is 13.1. The molecule has 0 spiro atoms. The number of hydrogen-bond acceptors (Lipinski definition) is 6. The van der Waals surface area contributed by atoms with E-state index in [1.165, 1.54) is 11.2 Å². The van der Waals surface area contributed by atoms with Gasteiger partial charge in [-0.25, -0.2) is 13.4 Å². The molecule has 3 rings (SSSR count). The van der Waals surface area contributed by atoms with Crippen LogP contribution >= 0.6 is 0 Å². The zero-order valence-electron chi connectivity index (χ0n) is 19.8. The molecule has 9 nitrogen and oxygen atoms in total. The number of Topliss-reactive ketones (excluding diaryl/α,β-unsaturated/α-hetero) is 1. The lowest BCUT2D eigenvalue weighted by atomic mass is 10.0. The first-order chi connectivity index (χ1) is 16.1. The SMILES string of the molecule is CCS(=O)(=O)N1CCCC(NC(=O)[C@H](CC(C)C)NC(=O)c2ccc3ccccc3n2)C(=O)C1. The van der Waals surface area contributed by atoms with Crippen molar-refractivity contribution in [3.05, 3.63) is 42.1 Å². The van der Waals surface area contributed by atoms with E-state index in [9.17, 15) is 22.8 Å². The molecule has 1 unspecified atom stereocenters. The second-order valence-corrected chi connectivity index (χ2v) is 11.2. The summed E-state index contributed by atoms with van der Waals surface area (Å²) in [4.78, 5) is 43.1. The van der Waals surface area contributed by atoms with Crippen molar-refractivity contribution in [2.75, 3.05) is 18.8 Å². The highest BCUT2D eigenvalue weighted by Crippen LogP contribution is 2.15. The summed E-state index contributed by atoms with van der Waals surface area (Å²) in [5.41, 5.74) is 0.877. The molecule has 2 amide bonds. The Hall–Kier alpha value is -2.85. The standard InChI is InChI=1S/C24H32N4O5S/c1-4-34(32,33)28-13-7-10-19(22(29)15-28)26-24(31)21(14-16(2)3)27-23(30)20-12-11-17-8-5-6-9-18(17)25-20/h5-6,8-9,11-12,16,19,21H,4,7,10,13-15H2,1-3H3,(H,26,31)(H,27,30)/t19?,21-/m0/s1. The minimum Gasteiger partial charge on any atom is -0.344 e. The van der Waals surface area contributed by atoms with E-state index in [0.717, 1.165) is 5.39 Å². The molecule has 1 aromatic heterocycles. The normalized spacial score (nSPS) is 18.5. The number of para-hydroxylation sites is 1. The molecule has 1 saturated heterocycles. The molecular formula is C24H32N4O5S. The number of amides is 2. The van der Waals surface area contributed by atoms with E-state index in [0.29, 0.717) is 24.8 Å². The van der Waals surface area contributed by atoms with Crippen LogP contribution in [-0.4, -0.2) is 66.2 Å². The summed E-state index contributed by atoms with van der Waals surface area (Å²) in [7, 11) is -3.49. The fourth-order valence-electron chi connectivity index (χ4n) is 3.97. The average Bonchev–Trinajstić information content (AvgIpc) is 2.99. The van der Waals surface area contributed by atoms with Gasteiger partial charge in [-0.3, -0.25) is 14.4 Å². The number of fused-ring (bicyclic) bond motifs is 1. The van der Waals surface area contributed by atoms with E-state index >= 15 is 0 Å². The van der Waals surface area contributed by atoms with Gasteiger partial charge in [-0.2, -0.15) is 4.31 Å². The Labute approximate surface area is 200 Å². The molecule has 0 saturated carbocycles. The van der Waals surface area contributed by atoms with Gasteiger partial charge in [0, 0.05) is 11.9 Å². The summed E-state index contributed by atoms with van der Waals surface area (Å²) >= 11 is 0. The molecule has 10 heteroatoms. The molecule has 0 aliphatic carbocycles. The molecule has 2 heterocycles. The summed E-state index contributed by atoms with van der Waals surface area (Å²) in [6.07, 6.45) is 1.18. The van der Waals surface area contributed by atoms with Crippen LogP contribution in [0.1, 0.15) is 50.5 Å². The first-order valence-corrected chi connectivity index (χ1v) is 13.2. The second kappa shape index (κ2) is 11.1. The minimum absolute atomic E-state index is 0.0807. The van der Waals surface area contributed by atoms with Crippen molar-refractivity contribution >= 4 is 38.5 Å². The van der Waals surface area contributed by atoms with Crippen molar-refractivity contribution in [3.63, 3.8) is 0 Å². The molecule has 1 fully saturated rings. The van der Waals surface area contributed by atoms with Gasteiger partial charge in [-0.15, -0.1) is 0 Å². The lowest BCUT2D eigenvalue weighted by Crippen LogP contribution is -2.52. The van der Waals surface area contributed by atoms with Gasteiger partial charge in [0.25, 0.3) is 5.91 Å². The molecule has 1 aliphatic rings. The molecule has 0 radical (unpaired) electrons. The molecule has 2 aromatic rings. The van der Waals surface area contributed by atoms with E-state index in [1.54, 1.807) is 12.1 Å². The summed E-state index contributed by atoms with van der Waals surface area (Å²) < 4.78 is 25.5. The van der Waals surface area contributed by atoms with Gasteiger partial charge in [-0.05, 0) is 44.2 Å².